The number of nitrogens with one attached hydrogen (secondary N) is 1. The molecule has 1 N–H and O–H groups in total. The lowest BCUT2D eigenvalue weighted by molar-refractivity contribution is -0.123. The molecule has 2 aliphatic rings. The molecule has 32 heavy (non-hydrogen) atoms. The van der Waals surface area contributed by atoms with Crippen LogP contribution in [0.25, 0.3) is 0 Å². The van der Waals surface area contributed by atoms with E-state index in [1.807, 2.05) is 41.3 Å². The van der Waals surface area contributed by atoms with Crippen molar-refractivity contribution >= 4 is 29.1 Å². The summed E-state index contributed by atoms with van der Waals surface area (Å²) >= 11 is 6.22. The van der Waals surface area contributed by atoms with Crippen molar-refractivity contribution in [2.75, 3.05) is 38.6 Å². The highest BCUT2D eigenvalue weighted by atomic mass is 35.5. The lowest BCUT2D eigenvalue weighted by Crippen LogP contribution is -2.57. The molecule has 6 nitrogen and oxygen atoms in total. The molecule has 1 aliphatic carbocycles. The molecule has 4 rings (SSSR count). The van der Waals surface area contributed by atoms with Crippen LogP contribution in [0.15, 0.2) is 48.5 Å². The van der Waals surface area contributed by atoms with E-state index in [0.29, 0.717) is 42.7 Å². The minimum Gasteiger partial charge on any atom is -0.497 e. The summed E-state index contributed by atoms with van der Waals surface area (Å²) in [5.74, 6) is 1.09. The van der Waals surface area contributed by atoms with Crippen LogP contribution in [0.3, 0.4) is 0 Å². The number of halogens is 1. The SMILES string of the molecule is COc1ccc(NC(=O)C(C2CCCC2)N2CCN(C(=O)c3ccccc3Cl)CC2)cc1. The maximum absolute atomic E-state index is 13.4. The van der Waals surface area contributed by atoms with Gasteiger partial charge in [0.15, 0.2) is 0 Å². The van der Waals surface area contributed by atoms with Crippen molar-refractivity contribution in [3.63, 3.8) is 0 Å². The molecule has 1 aliphatic heterocycles. The second kappa shape index (κ2) is 10.4. The number of anilines is 1. The molecule has 1 saturated carbocycles. The summed E-state index contributed by atoms with van der Waals surface area (Å²) in [6, 6.07) is 14.4. The summed E-state index contributed by atoms with van der Waals surface area (Å²) in [6.07, 6.45) is 4.48. The van der Waals surface area contributed by atoms with Gasteiger partial charge in [0.1, 0.15) is 5.75 Å². The molecule has 2 aromatic carbocycles. The fourth-order valence-corrected chi connectivity index (χ4v) is 5.07. The first kappa shape index (κ1) is 22.6. The molecule has 170 valence electrons. The van der Waals surface area contributed by atoms with Crippen LogP contribution in [0.5, 0.6) is 5.75 Å². The molecule has 1 unspecified atom stereocenters. The first-order valence-electron chi connectivity index (χ1n) is 11.3. The summed E-state index contributed by atoms with van der Waals surface area (Å²) in [6.45, 7) is 2.52. The zero-order valence-corrected chi connectivity index (χ0v) is 19.2. The molecule has 2 aromatic rings. The fourth-order valence-electron chi connectivity index (χ4n) is 4.85. The number of hydrogen-bond acceptors (Lipinski definition) is 4. The Hall–Kier alpha value is -2.57. The number of methoxy groups -OCH3 is 1. The summed E-state index contributed by atoms with van der Waals surface area (Å²) in [4.78, 5) is 30.4. The van der Waals surface area contributed by atoms with Gasteiger partial charge in [-0.25, -0.2) is 0 Å². The van der Waals surface area contributed by atoms with Crippen LogP contribution in [0, 0.1) is 5.92 Å². The quantitative estimate of drug-likeness (QED) is 0.705. The predicted octanol–water partition coefficient (Wildman–Crippen LogP) is 4.30. The third-order valence-corrected chi connectivity index (χ3v) is 6.90. The Morgan fingerprint density at radius 1 is 1.00 bits per heavy atom. The third-order valence-electron chi connectivity index (χ3n) is 6.57. The maximum atomic E-state index is 13.4. The van der Waals surface area contributed by atoms with E-state index >= 15 is 0 Å². The highest BCUT2D eigenvalue weighted by Crippen LogP contribution is 2.32. The number of ether oxygens (including phenoxy) is 1. The van der Waals surface area contributed by atoms with Crippen molar-refractivity contribution in [1.82, 2.24) is 9.80 Å². The fraction of sp³-hybridized carbons (Fsp3) is 0.440. The van der Waals surface area contributed by atoms with Crippen molar-refractivity contribution < 1.29 is 14.3 Å². The lowest BCUT2D eigenvalue weighted by Gasteiger charge is -2.40. The smallest absolute Gasteiger partial charge is 0.255 e. The van der Waals surface area contributed by atoms with Gasteiger partial charge in [0.2, 0.25) is 5.91 Å². The van der Waals surface area contributed by atoms with E-state index < -0.39 is 0 Å². The second-order valence-electron chi connectivity index (χ2n) is 8.52. The number of amides is 2. The van der Waals surface area contributed by atoms with Crippen LogP contribution in [0.1, 0.15) is 36.0 Å². The second-order valence-corrected chi connectivity index (χ2v) is 8.92. The van der Waals surface area contributed by atoms with E-state index in [4.69, 9.17) is 16.3 Å². The van der Waals surface area contributed by atoms with Crippen LogP contribution in [-0.2, 0) is 4.79 Å². The number of hydrogen-bond donors (Lipinski definition) is 1. The molecule has 0 aromatic heterocycles. The van der Waals surface area contributed by atoms with Gasteiger partial charge in [-0.15, -0.1) is 0 Å². The van der Waals surface area contributed by atoms with Gasteiger partial charge in [0, 0.05) is 31.9 Å². The first-order valence-corrected chi connectivity index (χ1v) is 11.7. The number of rotatable bonds is 6. The number of piperazine rings is 1. The number of carbonyl (C=O) groups is 2. The highest BCUT2D eigenvalue weighted by Gasteiger charge is 2.37. The normalized spacial score (nSPS) is 18.4. The minimum atomic E-state index is -0.183. The van der Waals surface area contributed by atoms with Gasteiger partial charge in [0.25, 0.3) is 5.91 Å². The zero-order valence-electron chi connectivity index (χ0n) is 18.4. The van der Waals surface area contributed by atoms with E-state index in [0.717, 1.165) is 24.3 Å². The summed E-state index contributed by atoms with van der Waals surface area (Å²) in [5.41, 5.74) is 1.30. The summed E-state index contributed by atoms with van der Waals surface area (Å²) in [7, 11) is 1.62. The van der Waals surface area contributed by atoms with Gasteiger partial charge in [-0.3, -0.25) is 14.5 Å². The van der Waals surface area contributed by atoms with Crippen LogP contribution >= 0.6 is 11.6 Å². The first-order chi connectivity index (χ1) is 15.6. The van der Waals surface area contributed by atoms with Crippen molar-refractivity contribution in [2.45, 2.75) is 31.7 Å². The molecule has 1 atom stereocenters. The standard InChI is InChI=1S/C25H30ClN3O3/c1-32-20-12-10-19(11-13-20)27-24(30)23(18-6-2-3-7-18)28-14-16-29(17-15-28)25(31)21-8-4-5-9-22(21)26/h4-5,8-13,18,23H,2-3,6-7,14-17H2,1H3,(H,27,30). The van der Waals surface area contributed by atoms with E-state index in [1.165, 1.54) is 12.8 Å². The number of nitrogens with zero attached hydrogens (tertiary/aromatic N) is 2. The average molecular weight is 456 g/mol. The van der Waals surface area contributed by atoms with Crippen molar-refractivity contribution in [3.8, 4) is 5.75 Å². The Kier molecular flexibility index (Phi) is 7.33. The van der Waals surface area contributed by atoms with Crippen LogP contribution in [0.2, 0.25) is 5.02 Å². The molecule has 1 heterocycles. The van der Waals surface area contributed by atoms with Gasteiger partial charge in [-0.1, -0.05) is 36.6 Å². The Morgan fingerprint density at radius 2 is 1.66 bits per heavy atom. The van der Waals surface area contributed by atoms with Gasteiger partial charge in [-0.2, -0.15) is 0 Å². The van der Waals surface area contributed by atoms with E-state index in [-0.39, 0.29) is 17.9 Å². The Balaban J connectivity index is 1.43. The maximum Gasteiger partial charge on any atom is 0.255 e. The van der Waals surface area contributed by atoms with Crippen molar-refractivity contribution in [3.05, 3.63) is 59.1 Å². The van der Waals surface area contributed by atoms with Crippen molar-refractivity contribution in [1.29, 1.82) is 0 Å². The molecular weight excluding hydrogens is 426 g/mol. The number of carbonyl (C=O) groups excluding carboxylic acids is 2. The lowest BCUT2D eigenvalue weighted by atomic mass is 9.94. The van der Waals surface area contributed by atoms with Gasteiger partial charge in [0.05, 0.1) is 23.7 Å². The molecular formula is C25H30ClN3O3. The van der Waals surface area contributed by atoms with Gasteiger partial charge >= 0.3 is 0 Å². The molecule has 1 saturated heterocycles. The zero-order chi connectivity index (χ0) is 22.5. The van der Waals surface area contributed by atoms with Crippen molar-refractivity contribution in [2.24, 2.45) is 5.92 Å². The van der Waals surface area contributed by atoms with E-state index in [9.17, 15) is 9.59 Å². The Bertz CT molecular complexity index is 936. The average Bonchev–Trinajstić information content (AvgIpc) is 3.34. The molecule has 0 radical (unpaired) electrons. The van der Waals surface area contributed by atoms with E-state index in [1.54, 1.807) is 19.2 Å². The number of benzene rings is 2. The summed E-state index contributed by atoms with van der Waals surface area (Å²) in [5, 5.41) is 3.58. The molecule has 7 heteroatoms. The van der Waals surface area contributed by atoms with E-state index in [2.05, 4.69) is 10.2 Å². The molecule has 2 amide bonds. The molecule has 2 fully saturated rings. The van der Waals surface area contributed by atoms with Gasteiger partial charge in [-0.05, 0) is 55.2 Å². The molecule has 0 bridgehead atoms. The highest BCUT2D eigenvalue weighted by molar-refractivity contribution is 6.33. The Labute approximate surface area is 194 Å². The van der Waals surface area contributed by atoms with Crippen LogP contribution < -0.4 is 10.1 Å². The monoisotopic (exact) mass is 455 g/mol. The Morgan fingerprint density at radius 3 is 2.28 bits per heavy atom. The minimum absolute atomic E-state index is 0.0351. The largest absolute Gasteiger partial charge is 0.497 e. The van der Waals surface area contributed by atoms with Crippen LogP contribution in [-0.4, -0.2) is 60.9 Å². The predicted molar refractivity (Wildman–Crippen MR) is 126 cm³/mol. The van der Waals surface area contributed by atoms with Crippen LogP contribution in [0.4, 0.5) is 5.69 Å². The summed E-state index contributed by atoms with van der Waals surface area (Å²) < 4.78 is 5.21. The molecule has 0 spiro atoms. The topological polar surface area (TPSA) is 61.9 Å². The van der Waals surface area contributed by atoms with Gasteiger partial charge < -0.3 is 15.0 Å². The third kappa shape index (κ3) is 5.08.